The predicted octanol–water partition coefficient (Wildman–Crippen LogP) is 3.79. The molecular formula is C23H31FN4O2. The molecule has 2 aliphatic heterocycles. The van der Waals surface area contributed by atoms with E-state index in [1.165, 1.54) is 6.07 Å². The number of halogens is 1. The van der Waals surface area contributed by atoms with Gasteiger partial charge < -0.3 is 24.4 Å². The smallest absolute Gasteiger partial charge is 0.317 e. The number of amides is 2. The maximum Gasteiger partial charge on any atom is 0.317 e. The van der Waals surface area contributed by atoms with E-state index in [1.54, 1.807) is 0 Å². The summed E-state index contributed by atoms with van der Waals surface area (Å²) >= 11 is 0. The van der Waals surface area contributed by atoms with Gasteiger partial charge in [0.25, 0.3) is 0 Å². The summed E-state index contributed by atoms with van der Waals surface area (Å²) in [6.45, 7) is 7.15. The number of carbonyl (C=O) groups is 1. The molecule has 0 aliphatic carbocycles. The Bertz CT molecular complexity index is 839. The normalized spacial score (nSPS) is 22.9. The number of nitrogens with zero attached hydrogens (tertiary/aromatic N) is 3. The van der Waals surface area contributed by atoms with Gasteiger partial charge in [-0.2, -0.15) is 0 Å². The van der Waals surface area contributed by atoms with Crippen LogP contribution in [0.4, 0.5) is 14.9 Å². The molecule has 0 radical (unpaired) electrons. The SMILES string of the molecule is CC1CN(c2ccc(CNC(=O)N3CCC(n4cccc4)CC3)cc2F)CC(C)O1. The highest BCUT2D eigenvalue weighted by Crippen LogP contribution is 2.25. The highest BCUT2D eigenvalue weighted by atomic mass is 19.1. The number of hydrogen-bond acceptors (Lipinski definition) is 3. The van der Waals surface area contributed by atoms with E-state index in [-0.39, 0.29) is 24.1 Å². The number of benzene rings is 1. The summed E-state index contributed by atoms with van der Waals surface area (Å²) in [6, 6.07) is 9.66. The van der Waals surface area contributed by atoms with E-state index >= 15 is 0 Å². The van der Waals surface area contributed by atoms with Crippen molar-refractivity contribution >= 4 is 11.7 Å². The van der Waals surface area contributed by atoms with Crippen LogP contribution in [0.3, 0.4) is 0 Å². The largest absolute Gasteiger partial charge is 0.372 e. The monoisotopic (exact) mass is 414 g/mol. The molecule has 2 aromatic rings. The zero-order valence-corrected chi connectivity index (χ0v) is 17.8. The topological polar surface area (TPSA) is 49.7 Å². The Balaban J connectivity index is 1.29. The van der Waals surface area contributed by atoms with Gasteiger partial charge in [0.1, 0.15) is 5.82 Å². The van der Waals surface area contributed by atoms with Gasteiger partial charge in [-0.25, -0.2) is 9.18 Å². The molecule has 2 aliphatic rings. The molecule has 4 rings (SSSR count). The van der Waals surface area contributed by atoms with E-state index in [2.05, 4.69) is 22.3 Å². The standard InChI is InChI=1S/C23H31FN4O2/c1-17-15-28(16-18(2)30-17)22-6-5-19(13-21(22)24)14-25-23(29)27-11-7-20(8-12-27)26-9-3-4-10-26/h3-6,9-10,13,17-18,20H,7-8,11-12,14-16H2,1-2H3,(H,25,29). The molecule has 2 saturated heterocycles. The Morgan fingerprint density at radius 2 is 1.80 bits per heavy atom. The number of likely N-dealkylation sites (tertiary alicyclic amines) is 1. The Hall–Kier alpha value is -2.54. The Kier molecular flexibility index (Phi) is 6.27. The summed E-state index contributed by atoms with van der Waals surface area (Å²) in [5.41, 5.74) is 1.36. The molecule has 2 fully saturated rings. The molecule has 162 valence electrons. The summed E-state index contributed by atoms with van der Waals surface area (Å²) in [6.07, 6.45) is 6.21. The lowest BCUT2D eigenvalue weighted by molar-refractivity contribution is -0.00539. The lowest BCUT2D eigenvalue weighted by Gasteiger charge is -2.37. The van der Waals surface area contributed by atoms with Gasteiger partial charge in [0.2, 0.25) is 0 Å². The Morgan fingerprint density at radius 1 is 1.13 bits per heavy atom. The van der Waals surface area contributed by atoms with Gasteiger partial charge >= 0.3 is 6.03 Å². The van der Waals surface area contributed by atoms with Crippen molar-refractivity contribution in [3.8, 4) is 0 Å². The van der Waals surface area contributed by atoms with E-state index in [9.17, 15) is 9.18 Å². The summed E-state index contributed by atoms with van der Waals surface area (Å²) in [7, 11) is 0. The molecule has 0 bridgehead atoms. The van der Waals surface area contributed by atoms with Crippen LogP contribution in [0.1, 0.15) is 38.3 Å². The second kappa shape index (κ2) is 9.08. The molecule has 1 aromatic heterocycles. The number of carbonyl (C=O) groups excluding carboxylic acids is 1. The van der Waals surface area contributed by atoms with Crippen molar-refractivity contribution in [2.24, 2.45) is 0 Å². The zero-order chi connectivity index (χ0) is 21.1. The van der Waals surface area contributed by atoms with Gasteiger partial charge in [0.05, 0.1) is 17.9 Å². The van der Waals surface area contributed by atoms with Gasteiger partial charge in [0.15, 0.2) is 0 Å². The van der Waals surface area contributed by atoms with Crippen LogP contribution in [0.25, 0.3) is 0 Å². The van der Waals surface area contributed by atoms with Crippen molar-refractivity contribution in [2.75, 3.05) is 31.1 Å². The average Bonchev–Trinajstić information content (AvgIpc) is 3.26. The molecule has 0 saturated carbocycles. The first-order valence-corrected chi connectivity index (χ1v) is 10.8. The quantitative estimate of drug-likeness (QED) is 0.828. The van der Waals surface area contributed by atoms with Gasteiger partial charge in [-0.3, -0.25) is 0 Å². The summed E-state index contributed by atoms with van der Waals surface area (Å²) in [5, 5.41) is 2.94. The average molecular weight is 415 g/mol. The van der Waals surface area contributed by atoms with E-state index in [0.717, 1.165) is 31.5 Å². The highest BCUT2D eigenvalue weighted by Gasteiger charge is 2.25. The molecule has 1 aromatic carbocycles. The molecule has 0 spiro atoms. The summed E-state index contributed by atoms with van der Waals surface area (Å²) in [5.74, 6) is -0.254. The number of ether oxygens (including phenoxy) is 1. The third-order valence-electron chi connectivity index (χ3n) is 6.02. The number of rotatable bonds is 4. The van der Waals surface area contributed by atoms with Crippen LogP contribution in [0, 0.1) is 5.82 Å². The second-order valence-corrected chi connectivity index (χ2v) is 8.46. The van der Waals surface area contributed by atoms with Crippen molar-refractivity contribution in [3.63, 3.8) is 0 Å². The lowest BCUT2D eigenvalue weighted by atomic mass is 10.1. The number of anilines is 1. The van der Waals surface area contributed by atoms with Crippen LogP contribution in [0.2, 0.25) is 0 Å². The van der Waals surface area contributed by atoms with Crippen LogP contribution < -0.4 is 10.2 Å². The van der Waals surface area contributed by atoms with Gasteiger partial charge in [0, 0.05) is 51.2 Å². The van der Waals surface area contributed by atoms with Crippen LogP contribution in [-0.4, -0.2) is 53.9 Å². The van der Waals surface area contributed by atoms with Crippen LogP contribution in [-0.2, 0) is 11.3 Å². The number of urea groups is 1. The third-order valence-corrected chi connectivity index (χ3v) is 6.02. The van der Waals surface area contributed by atoms with Crippen LogP contribution in [0.5, 0.6) is 0 Å². The first-order valence-electron chi connectivity index (χ1n) is 10.8. The van der Waals surface area contributed by atoms with Crippen LogP contribution in [0.15, 0.2) is 42.7 Å². The van der Waals surface area contributed by atoms with E-state index in [1.807, 2.05) is 47.9 Å². The van der Waals surface area contributed by atoms with Crippen molar-refractivity contribution < 1.29 is 13.9 Å². The fourth-order valence-electron chi connectivity index (χ4n) is 4.54. The van der Waals surface area contributed by atoms with Gasteiger partial charge in [-0.05, 0) is 56.5 Å². The van der Waals surface area contributed by atoms with Crippen molar-refractivity contribution in [1.82, 2.24) is 14.8 Å². The number of morpholine rings is 1. The summed E-state index contributed by atoms with van der Waals surface area (Å²) < 4.78 is 22.7. The van der Waals surface area contributed by atoms with Crippen molar-refractivity contribution in [1.29, 1.82) is 0 Å². The Labute approximate surface area is 177 Å². The molecule has 3 heterocycles. The maximum atomic E-state index is 14.7. The van der Waals surface area contributed by atoms with Gasteiger partial charge in [-0.1, -0.05) is 6.07 Å². The fourth-order valence-corrected chi connectivity index (χ4v) is 4.54. The Morgan fingerprint density at radius 3 is 2.43 bits per heavy atom. The number of hydrogen-bond donors (Lipinski definition) is 1. The minimum atomic E-state index is -0.254. The second-order valence-electron chi connectivity index (χ2n) is 8.46. The van der Waals surface area contributed by atoms with Crippen molar-refractivity contribution in [3.05, 3.63) is 54.1 Å². The maximum absolute atomic E-state index is 14.7. The number of piperidine rings is 1. The van der Waals surface area contributed by atoms with Crippen LogP contribution >= 0.6 is 0 Å². The predicted molar refractivity (Wildman–Crippen MR) is 115 cm³/mol. The molecule has 2 amide bonds. The first-order chi connectivity index (χ1) is 14.5. The molecule has 2 atom stereocenters. The lowest BCUT2D eigenvalue weighted by Crippen LogP contribution is -2.45. The molecule has 7 heteroatoms. The molecule has 2 unspecified atom stereocenters. The molecule has 30 heavy (non-hydrogen) atoms. The molecular weight excluding hydrogens is 383 g/mol. The fraction of sp³-hybridized carbons (Fsp3) is 0.522. The van der Waals surface area contributed by atoms with E-state index in [4.69, 9.17) is 4.74 Å². The van der Waals surface area contributed by atoms with E-state index in [0.29, 0.717) is 31.4 Å². The zero-order valence-electron chi connectivity index (χ0n) is 17.8. The molecule has 1 N–H and O–H groups in total. The minimum Gasteiger partial charge on any atom is -0.372 e. The highest BCUT2D eigenvalue weighted by molar-refractivity contribution is 5.74. The van der Waals surface area contributed by atoms with Crippen molar-refractivity contribution in [2.45, 2.75) is 51.5 Å². The van der Waals surface area contributed by atoms with Gasteiger partial charge in [-0.15, -0.1) is 0 Å². The number of aromatic nitrogens is 1. The van der Waals surface area contributed by atoms with E-state index < -0.39 is 0 Å². The number of nitrogens with one attached hydrogen (secondary N) is 1. The minimum absolute atomic E-state index is 0.0776. The summed E-state index contributed by atoms with van der Waals surface area (Å²) in [4.78, 5) is 16.4. The molecule has 6 nitrogen and oxygen atoms in total. The third kappa shape index (κ3) is 4.78. The first kappa shape index (κ1) is 20.7.